The summed E-state index contributed by atoms with van der Waals surface area (Å²) in [5.41, 5.74) is 5.15. The molecule has 0 radical (unpaired) electrons. The van der Waals surface area contributed by atoms with Crippen molar-refractivity contribution in [3.8, 4) is 0 Å². The molecule has 102 valence electrons. The molecule has 6 nitrogen and oxygen atoms in total. The molecule has 0 rings (SSSR count). The third-order valence-corrected chi connectivity index (χ3v) is 3.02. The number of nitrogens with one attached hydrogen (secondary N) is 1. The first kappa shape index (κ1) is 16.3. The minimum Gasteiger partial charge on any atom is -0.369 e. The number of Topliss-reactive ketones (excluding diaryl/α,β-unsaturated/α-hetero) is 1. The van der Waals surface area contributed by atoms with E-state index in [2.05, 4.69) is 5.32 Å². The second-order valence-electron chi connectivity index (χ2n) is 4.26. The predicted molar refractivity (Wildman–Crippen MR) is 65.4 cm³/mol. The second-order valence-corrected chi connectivity index (χ2v) is 4.26. The van der Waals surface area contributed by atoms with Gasteiger partial charge in [0.15, 0.2) is 5.78 Å². The van der Waals surface area contributed by atoms with Crippen molar-refractivity contribution in [2.75, 3.05) is 0 Å². The van der Waals surface area contributed by atoms with Gasteiger partial charge in [0.25, 0.3) is 5.91 Å². The zero-order chi connectivity index (χ0) is 14.3. The van der Waals surface area contributed by atoms with E-state index in [0.29, 0.717) is 6.42 Å². The normalized spacial score (nSPS) is 15.3. The Balaban J connectivity index is 5.05. The van der Waals surface area contributed by atoms with Crippen molar-refractivity contribution in [1.29, 1.82) is 0 Å². The summed E-state index contributed by atoms with van der Waals surface area (Å²) in [6.07, 6.45) is 1.01. The summed E-state index contributed by atoms with van der Waals surface area (Å²) in [4.78, 5) is 44.7. The molecule has 0 aliphatic rings. The van der Waals surface area contributed by atoms with Crippen molar-refractivity contribution in [3.05, 3.63) is 0 Å². The van der Waals surface area contributed by atoms with Gasteiger partial charge >= 0.3 is 0 Å². The van der Waals surface area contributed by atoms with Crippen LogP contribution in [0.5, 0.6) is 0 Å². The Morgan fingerprint density at radius 1 is 1.22 bits per heavy atom. The fraction of sp³-hybridized carbons (Fsp3) is 0.667. The number of rotatable bonds is 8. The fourth-order valence-corrected chi connectivity index (χ4v) is 1.68. The van der Waals surface area contributed by atoms with Crippen LogP contribution in [0.3, 0.4) is 0 Å². The van der Waals surface area contributed by atoms with Gasteiger partial charge in [-0.2, -0.15) is 0 Å². The Labute approximate surface area is 106 Å². The van der Waals surface area contributed by atoms with Crippen LogP contribution in [0.4, 0.5) is 0 Å². The van der Waals surface area contributed by atoms with Gasteiger partial charge in [0.2, 0.25) is 12.2 Å². The van der Waals surface area contributed by atoms with Crippen LogP contribution < -0.4 is 11.1 Å². The molecular weight excluding hydrogens is 236 g/mol. The molecule has 6 heteroatoms. The molecule has 3 atom stereocenters. The molecular formula is C12H20N2O4. The molecule has 0 aliphatic heterocycles. The Kier molecular flexibility index (Phi) is 6.85. The molecule has 0 bridgehead atoms. The highest BCUT2D eigenvalue weighted by atomic mass is 16.2. The maximum atomic E-state index is 12.1. The molecule has 0 fully saturated rings. The first-order valence-electron chi connectivity index (χ1n) is 5.97. The fourth-order valence-electron chi connectivity index (χ4n) is 1.68. The van der Waals surface area contributed by atoms with Crippen molar-refractivity contribution >= 4 is 23.9 Å². The molecule has 3 N–H and O–H groups in total. The van der Waals surface area contributed by atoms with Crippen LogP contribution in [-0.2, 0) is 19.2 Å². The summed E-state index contributed by atoms with van der Waals surface area (Å²) >= 11 is 0. The third kappa shape index (κ3) is 4.27. The maximum absolute atomic E-state index is 12.1. The van der Waals surface area contributed by atoms with Crippen LogP contribution in [0.15, 0.2) is 0 Å². The van der Waals surface area contributed by atoms with Crippen molar-refractivity contribution < 1.29 is 19.2 Å². The van der Waals surface area contributed by atoms with E-state index >= 15 is 0 Å². The molecule has 0 saturated heterocycles. The molecule has 0 aromatic rings. The summed E-state index contributed by atoms with van der Waals surface area (Å²) in [7, 11) is 0. The highest BCUT2D eigenvalue weighted by Gasteiger charge is 2.33. The van der Waals surface area contributed by atoms with E-state index in [1.165, 1.54) is 0 Å². The van der Waals surface area contributed by atoms with Crippen LogP contribution in [0.2, 0.25) is 0 Å². The van der Waals surface area contributed by atoms with E-state index in [1.54, 1.807) is 13.8 Å². The summed E-state index contributed by atoms with van der Waals surface area (Å²) in [6, 6.07) is -0.856. The molecule has 18 heavy (non-hydrogen) atoms. The number of carbonyl (C=O) groups excluding carboxylic acids is 4. The van der Waals surface area contributed by atoms with Crippen LogP contribution in [0.25, 0.3) is 0 Å². The van der Waals surface area contributed by atoms with E-state index < -0.39 is 29.6 Å². The number of carbonyl (C=O) groups is 4. The average molecular weight is 256 g/mol. The maximum Gasteiger partial charge on any atom is 0.284 e. The van der Waals surface area contributed by atoms with Crippen LogP contribution in [0.1, 0.15) is 33.6 Å². The van der Waals surface area contributed by atoms with Crippen molar-refractivity contribution in [2.24, 2.45) is 17.6 Å². The SMILES string of the molecule is CCC(C(N)=O)C(=O)[C@@H](NC(=O)C=O)[C@@H](C)CC. The van der Waals surface area contributed by atoms with Crippen LogP contribution in [-0.4, -0.2) is 29.9 Å². The van der Waals surface area contributed by atoms with E-state index in [0.717, 1.165) is 0 Å². The van der Waals surface area contributed by atoms with Crippen LogP contribution >= 0.6 is 0 Å². The lowest BCUT2D eigenvalue weighted by molar-refractivity contribution is -0.138. The van der Waals surface area contributed by atoms with Gasteiger partial charge in [-0.15, -0.1) is 0 Å². The van der Waals surface area contributed by atoms with Crippen LogP contribution in [0, 0.1) is 11.8 Å². The molecule has 2 amide bonds. The minimum atomic E-state index is -0.934. The van der Waals surface area contributed by atoms with Crippen molar-refractivity contribution in [1.82, 2.24) is 5.32 Å². The zero-order valence-electron chi connectivity index (χ0n) is 10.9. The first-order chi connectivity index (χ1) is 8.38. The Morgan fingerprint density at radius 2 is 1.78 bits per heavy atom. The number of hydrogen-bond donors (Lipinski definition) is 2. The number of ketones is 1. The Bertz CT molecular complexity index is 341. The third-order valence-electron chi connectivity index (χ3n) is 3.02. The highest BCUT2D eigenvalue weighted by molar-refractivity contribution is 6.24. The summed E-state index contributed by atoms with van der Waals surface area (Å²) in [6.45, 7) is 5.28. The number of aldehydes is 1. The molecule has 0 spiro atoms. The summed E-state index contributed by atoms with van der Waals surface area (Å²) in [5.74, 6) is -3.12. The Morgan fingerprint density at radius 3 is 2.11 bits per heavy atom. The smallest absolute Gasteiger partial charge is 0.284 e. The predicted octanol–water partition coefficient (Wildman–Crippen LogP) is -0.203. The summed E-state index contributed by atoms with van der Waals surface area (Å²) < 4.78 is 0. The van der Waals surface area contributed by atoms with E-state index in [-0.39, 0.29) is 18.6 Å². The summed E-state index contributed by atoms with van der Waals surface area (Å²) in [5, 5.41) is 2.32. The van der Waals surface area contributed by atoms with E-state index in [9.17, 15) is 19.2 Å². The first-order valence-corrected chi connectivity index (χ1v) is 5.97. The molecule has 0 aromatic carbocycles. The molecule has 0 saturated carbocycles. The lowest BCUT2D eigenvalue weighted by Gasteiger charge is -2.24. The van der Waals surface area contributed by atoms with Gasteiger partial charge in [-0.1, -0.05) is 27.2 Å². The van der Waals surface area contributed by atoms with Gasteiger partial charge in [0.05, 0.1) is 12.0 Å². The average Bonchev–Trinajstić information content (AvgIpc) is 2.34. The van der Waals surface area contributed by atoms with Crippen molar-refractivity contribution in [3.63, 3.8) is 0 Å². The van der Waals surface area contributed by atoms with Gasteiger partial charge < -0.3 is 11.1 Å². The number of primary amides is 1. The monoisotopic (exact) mass is 256 g/mol. The molecule has 0 aromatic heterocycles. The topological polar surface area (TPSA) is 106 Å². The van der Waals surface area contributed by atoms with Gasteiger partial charge in [-0.05, 0) is 12.3 Å². The zero-order valence-corrected chi connectivity index (χ0v) is 10.9. The quantitative estimate of drug-likeness (QED) is 0.356. The van der Waals surface area contributed by atoms with Gasteiger partial charge in [-0.3, -0.25) is 19.2 Å². The lowest BCUT2D eigenvalue weighted by Crippen LogP contribution is -2.50. The standard InChI is InChI=1S/C12H20N2O4/c1-4-7(3)10(14-9(16)6-15)11(17)8(5-2)12(13)18/h6-8,10H,4-5H2,1-3H3,(H2,13,18)(H,14,16)/t7-,8?,10-/m0/s1. The highest BCUT2D eigenvalue weighted by Crippen LogP contribution is 2.15. The van der Waals surface area contributed by atoms with E-state index in [4.69, 9.17) is 5.73 Å². The minimum absolute atomic E-state index is 0.105. The molecule has 0 aliphatic carbocycles. The molecule has 1 unspecified atom stereocenters. The van der Waals surface area contributed by atoms with Gasteiger partial charge in [-0.25, -0.2) is 0 Å². The van der Waals surface area contributed by atoms with E-state index in [1.807, 2.05) is 6.92 Å². The van der Waals surface area contributed by atoms with Gasteiger partial charge in [0.1, 0.15) is 0 Å². The molecule has 0 heterocycles. The lowest BCUT2D eigenvalue weighted by atomic mass is 9.87. The Hall–Kier alpha value is -1.72. The number of nitrogens with two attached hydrogens (primary N) is 1. The van der Waals surface area contributed by atoms with Crippen molar-refractivity contribution in [2.45, 2.75) is 39.7 Å². The largest absolute Gasteiger partial charge is 0.369 e. The number of hydrogen-bond acceptors (Lipinski definition) is 4. The van der Waals surface area contributed by atoms with Gasteiger partial charge in [0, 0.05) is 0 Å². The second kappa shape index (κ2) is 7.58. The number of amides is 2.